The Labute approximate surface area is 86.6 Å². The Morgan fingerprint density at radius 3 is 2.86 bits per heavy atom. The second-order valence-electron chi connectivity index (χ2n) is 5.17. The monoisotopic (exact) mass is 198 g/mol. The van der Waals surface area contributed by atoms with Gasteiger partial charge in [0.15, 0.2) is 0 Å². The van der Waals surface area contributed by atoms with Gasteiger partial charge in [-0.1, -0.05) is 0 Å². The number of rotatable bonds is 3. The molecular weight excluding hydrogens is 176 g/mol. The Morgan fingerprint density at radius 2 is 2.29 bits per heavy atom. The van der Waals surface area contributed by atoms with Crippen molar-refractivity contribution in [3.05, 3.63) is 0 Å². The third kappa shape index (κ3) is 2.29. The summed E-state index contributed by atoms with van der Waals surface area (Å²) in [6.07, 6.45) is 8.37. The first-order valence-corrected chi connectivity index (χ1v) is 6.02. The van der Waals surface area contributed by atoms with E-state index < -0.39 is 0 Å². The maximum absolute atomic E-state index is 9.25. The maximum atomic E-state index is 9.25. The predicted molar refractivity (Wildman–Crippen MR) is 56.2 cm³/mol. The van der Waals surface area contributed by atoms with Crippen LogP contribution in [-0.4, -0.2) is 23.4 Å². The summed E-state index contributed by atoms with van der Waals surface area (Å²) < 4.78 is 5.88. The second-order valence-corrected chi connectivity index (χ2v) is 5.17. The van der Waals surface area contributed by atoms with Crippen LogP contribution >= 0.6 is 0 Å². The zero-order chi connectivity index (χ0) is 10.0. The van der Waals surface area contributed by atoms with Gasteiger partial charge in [0.05, 0.1) is 11.7 Å². The maximum Gasteiger partial charge on any atom is 0.0685 e. The number of ether oxygens (including phenoxy) is 1. The summed E-state index contributed by atoms with van der Waals surface area (Å²) in [5.74, 6) is 0.804. The van der Waals surface area contributed by atoms with Crippen LogP contribution in [0.15, 0.2) is 0 Å². The van der Waals surface area contributed by atoms with Crippen molar-refractivity contribution < 1.29 is 9.84 Å². The van der Waals surface area contributed by atoms with E-state index in [0.29, 0.717) is 0 Å². The van der Waals surface area contributed by atoms with E-state index in [4.69, 9.17) is 4.74 Å². The van der Waals surface area contributed by atoms with Gasteiger partial charge in [0.1, 0.15) is 0 Å². The molecule has 2 heteroatoms. The van der Waals surface area contributed by atoms with Crippen molar-refractivity contribution in [2.45, 2.75) is 63.6 Å². The first kappa shape index (κ1) is 10.4. The van der Waals surface area contributed by atoms with E-state index >= 15 is 0 Å². The molecule has 1 aliphatic carbocycles. The molecule has 2 fully saturated rings. The highest BCUT2D eigenvalue weighted by Gasteiger charge is 2.42. The highest BCUT2D eigenvalue weighted by atomic mass is 16.5. The minimum absolute atomic E-state index is 0.129. The molecule has 2 unspecified atom stereocenters. The largest absolute Gasteiger partial charge is 0.393 e. The molecule has 1 saturated carbocycles. The Balaban J connectivity index is 1.76. The van der Waals surface area contributed by atoms with Gasteiger partial charge in [-0.3, -0.25) is 0 Å². The van der Waals surface area contributed by atoms with Crippen molar-refractivity contribution in [1.82, 2.24) is 0 Å². The molecule has 1 heterocycles. The summed E-state index contributed by atoms with van der Waals surface area (Å²) >= 11 is 0. The Bertz CT molecular complexity index is 185. The van der Waals surface area contributed by atoms with Crippen LogP contribution in [-0.2, 0) is 4.74 Å². The van der Waals surface area contributed by atoms with Crippen LogP contribution in [0, 0.1) is 5.92 Å². The Hall–Kier alpha value is -0.0800. The Kier molecular flexibility index (Phi) is 3.13. The van der Waals surface area contributed by atoms with Gasteiger partial charge in [0.2, 0.25) is 0 Å². The minimum atomic E-state index is -0.129. The molecule has 1 saturated heterocycles. The zero-order valence-electron chi connectivity index (χ0n) is 9.17. The SMILES string of the molecule is CC(O)CCC1CCOC2(CCC2)C1. The number of hydrogen-bond donors (Lipinski definition) is 1. The van der Waals surface area contributed by atoms with Gasteiger partial charge < -0.3 is 9.84 Å². The van der Waals surface area contributed by atoms with Crippen LogP contribution in [0.2, 0.25) is 0 Å². The summed E-state index contributed by atoms with van der Waals surface area (Å²) in [4.78, 5) is 0. The standard InChI is InChI=1S/C12H22O2/c1-10(13)3-4-11-5-8-14-12(9-11)6-2-7-12/h10-11,13H,2-9H2,1H3. The third-order valence-electron chi connectivity index (χ3n) is 3.85. The zero-order valence-corrected chi connectivity index (χ0v) is 9.17. The molecule has 0 aromatic heterocycles. The summed E-state index contributed by atoms with van der Waals surface area (Å²) in [6, 6.07) is 0. The molecule has 82 valence electrons. The lowest BCUT2D eigenvalue weighted by Crippen LogP contribution is -2.45. The lowest BCUT2D eigenvalue weighted by Gasteiger charge is -2.47. The fraction of sp³-hybridized carbons (Fsp3) is 1.00. The van der Waals surface area contributed by atoms with Gasteiger partial charge in [-0.15, -0.1) is 0 Å². The normalized spacial score (nSPS) is 32.6. The molecule has 0 amide bonds. The lowest BCUT2D eigenvalue weighted by atomic mass is 9.71. The van der Waals surface area contributed by atoms with Crippen molar-refractivity contribution in [3.8, 4) is 0 Å². The molecule has 2 nitrogen and oxygen atoms in total. The van der Waals surface area contributed by atoms with Gasteiger partial charge in [-0.05, 0) is 57.8 Å². The van der Waals surface area contributed by atoms with E-state index in [0.717, 1.165) is 18.9 Å². The van der Waals surface area contributed by atoms with Gasteiger partial charge >= 0.3 is 0 Å². The molecule has 1 N–H and O–H groups in total. The summed E-state index contributed by atoms with van der Waals surface area (Å²) in [6.45, 7) is 2.84. The molecule has 2 atom stereocenters. The predicted octanol–water partition coefficient (Wildman–Crippen LogP) is 2.50. The van der Waals surface area contributed by atoms with Gasteiger partial charge in [0.25, 0.3) is 0 Å². The molecule has 14 heavy (non-hydrogen) atoms. The van der Waals surface area contributed by atoms with E-state index in [1.807, 2.05) is 6.92 Å². The van der Waals surface area contributed by atoms with Crippen molar-refractivity contribution in [2.75, 3.05) is 6.61 Å². The molecule has 0 aromatic rings. The van der Waals surface area contributed by atoms with E-state index in [1.165, 1.54) is 38.5 Å². The topological polar surface area (TPSA) is 29.5 Å². The number of hydrogen-bond acceptors (Lipinski definition) is 2. The first-order valence-electron chi connectivity index (χ1n) is 6.02. The number of aliphatic hydroxyl groups is 1. The van der Waals surface area contributed by atoms with Gasteiger partial charge in [0, 0.05) is 6.61 Å². The first-order chi connectivity index (χ1) is 6.70. The smallest absolute Gasteiger partial charge is 0.0685 e. The molecule has 0 radical (unpaired) electrons. The number of aliphatic hydroxyl groups excluding tert-OH is 1. The van der Waals surface area contributed by atoms with Crippen molar-refractivity contribution in [3.63, 3.8) is 0 Å². The minimum Gasteiger partial charge on any atom is -0.393 e. The van der Waals surface area contributed by atoms with Gasteiger partial charge in [-0.2, -0.15) is 0 Å². The average molecular weight is 198 g/mol. The van der Waals surface area contributed by atoms with E-state index in [-0.39, 0.29) is 11.7 Å². The van der Waals surface area contributed by atoms with E-state index in [9.17, 15) is 5.11 Å². The van der Waals surface area contributed by atoms with E-state index in [1.54, 1.807) is 0 Å². The van der Waals surface area contributed by atoms with Crippen molar-refractivity contribution in [2.24, 2.45) is 5.92 Å². The van der Waals surface area contributed by atoms with Crippen molar-refractivity contribution >= 4 is 0 Å². The van der Waals surface area contributed by atoms with Crippen molar-refractivity contribution in [1.29, 1.82) is 0 Å². The van der Waals surface area contributed by atoms with Crippen LogP contribution in [0.1, 0.15) is 51.9 Å². The van der Waals surface area contributed by atoms with Gasteiger partial charge in [-0.25, -0.2) is 0 Å². The molecule has 0 bridgehead atoms. The quantitative estimate of drug-likeness (QED) is 0.755. The van der Waals surface area contributed by atoms with E-state index in [2.05, 4.69) is 0 Å². The summed E-state index contributed by atoms with van der Waals surface area (Å²) in [5.41, 5.74) is 0.279. The van der Waals surface area contributed by atoms with Crippen LogP contribution < -0.4 is 0 Å². The third-order valence-corrected chi connectivity index (χ3v) is 3.85. The van der Waals surface area contributed by atoms with Crippen LogP contribution in [0.3, 0.4) is 0 Å². The fourth-order valence-electron chi connectivity index (χ4n) is 2.77. The fourth-order valence-corrected chi connectivity index (χ4v) is 2.77. The van der Waals surface area contributed by atoms with Crippen LogP contribution in [0.5, 0.6) is 0 Å². The Morgan fingerprint density at radius 1 is 1.50 bits per heavy atom. The molecular formula is C12H22O2. The molecule has 2 rings (SSSR count). The van der Waals surface area contributed by atoms with Crippen LogP contribution in [0.25, 0.3) is 0 Å². The highest BCUT2D eigenvalue weighted by Crippen LogP contribution is 2.45. The molecule has 0 aromatic carbocycles. The average Bonchev–Trinajstić information content (AvgIpc) is 2.13. The van der Waals surface area contributed by atoms with Crippen LogP contribution in [0.4, 0.5) is 0 Å². The molecule has 1 aliphatic heterocycles. The second kappa shape index (κ2) is 4.19. The highest BCUT2D eigenvalue weighted by molar-refractivity contribution is 4.93. The lowest BCUT2D eigenvalue weighted by molar-refractivity contribution is -0.144. The summed E-state index contributed by atoms with van der Waals surface area (Å²) in [5, 5.41) is 9.25. The molecule has 1 spiro atoms. The molecule has 2 aliphatic rings. The summed E-state index contributed by atoms with van der Waals surface area (Å²) in [7, 11) is 0.